The SMILES string of the molecule is CCCCCCCCCCCCCCCCCC[Si](CCCCCCCCCCCCCCCCCC)(O[C@@H]1O[C@H](COC(C)=O)[C@@H](OC(C)=O)[C@H](OC(C)=O)[C@H]1OC(C)=O)O[C@@H]1O[C@H](COC(C)=O)[C@@H](OC(C)=O)[C@H](OC(C)=O)[C@H]1OC(C)=O. The Morgan fingerprint density at radius 1 is 0.282 bits per heavy atom. The first-order valence-electron chi connectivity index (χ1n) is 32.7. The second kappa shape index (κ2) is 46.0. The van der Waals surface area contributed by atoms with Crippen molar-refractivity contribution < 1.29 is 94.6 Å². The van der Waals surface area contributed by atoms with Crippen LogP contribution in [0, 0.1) is 0 Å². The van der Waals surface area contributed by atoms with Crippen molar-refractivity contribution in [1.82, 2.24) is 0 Å². The third-order valence-corrected chi connectivity index (χ3v) is 18.9. The molecule has 10 atom stereocenters. The first-order valence-corrected chi connectivity index (χ1v) is 34.9. The number of hydrogen-bond acceptors (Lipinski definition) is 20. The van der Waals surface area contributed by atoms with E-state index in [1.165, 1.54) is 142 Å². The monoisotopic (exact) mass is 1230 g/mol. The molecule has 21 heteroatoms. The smallest absolute Gasteiger partial charge is 0.342 e. The van der Waals surface area contributed by atoms with Crippen molar-refractivity contribution in [2.24, 2.45) is 0 Å². The minimum atomic E-state index is -4.11. The van der Waals surface area contributed by atoms with Crippen LogP contribution in [0.4, 0.5) is 0 Å². The summed E-state index contributed by atoms with van der Waals surface area (Å²) in [5.41, 5.74) is 0. The summed E-state index contributed by atoms with van der Waals surface area (Å²) in [6.07, 6.45) is 20.9. The topological polar surface area (TPSA) is 247 Å². The van der Waals surface area contributed by atoms with Crippen molar-refractivity contribution in [2.75, 3.05) is 13.2 Å². The Morgan fingerprint density at radius 2 is 0.494 bits per heavy atom. The van der Waals surface area contributed by atoms with Gasteiger partial charge in [0.25, 0.3) is 0 Å². The fraction of sp³-hybridized carbons (Fsp3) is 0.875. The van der Waals surface area contributed by atoms with Gasteiger partial charge in [-0.3, -0.25) is 38.4 Å². The number of hydrogen-bond donors (Lipinski definition) is 0. The molecule has 85 heavy (non-hydrogen) atoms. The van der Waals surface area contributed by atoms with Crippen molar-refractivity contribution in [3.05, 3.63) is 0 Å². The Kier molecular flexibility index (Phi) is 41.6. The van der Waals surface area contributed by atoms with E-state index in [0.29, 0.717) is 12.8 Å². The van der Waals surface area contributed by atoms with Crippen LogP contribution in [0.5, 0.6) is 0 Å². The Balaban J connectivity index is 2.69. The van der Waals surface area contributed by atoms with E-state index in [1.807, 2.05) is 0 Å². The summed E-state index contributed by atoms with van der Waals surface area (Å²) in [4.78, 5) is 102. The Morgan fingerprint density at radius 3 is 0.718 bits per heavy atom. The maximum Gasteiger partial charge on any atom is 0.342 e. The zero-order valence-electron chi connectivity index (χ0n) is 53.9. The van der Waals surface area contributed by atoms with Crippen LogP contribution in [0.25, 0.3) is 0 Å². The molecule has 0 aromatic rings. The van der Waals surface area contributed by atoms with Gasteiger partial charge in [-0.15, -0.1) is 0 Å². The highest BCUT2D eigenvalue weighted by Crippen LogP contribution is 2.39. The van der Waals surface area contributed by atoms with E-state index >= 15 is 0 Å². The number of rotatable bonds is 48. The maximum atomic E-state index is 13.1. The van der Waals surface area contributed by atoms with Gasteiger partial charge in [0.2, 0.25) is 0 Å². The van der Waals surface area contributed by atoms with Gasteiger partial charge in [-0.2, -0.15) is 0 Å². The van der Waals surface area contributed by atoms with Crippen molar-refractivity contribution in [3.8, 4) is 0 Å². The fourth-order valence-corrected chi connectivity index (χ4v) is 14.8. The van der Waals surface area contributed by atoms with E-state index in [2.05, 4.69) is 13.8 Å². The summed E-state index contributed by atoms with van der Waals surface area (Å²) < 4.78 is 73.4. The molecule has 2 fully saturated rings. The highest BCUT2D eigenvalue weighted by atomic mass is 28.4. The summed E-state index contributed by atoms with van der Waals surface area (Å²) in [5, 5.41) is 0. The molecule has 0 bridgehead atoms. The predicted octanol–water partition coefficient (Wildman–Crippen LogP) is 13.2. The lowest BCUT2D eigenvalue weighted by molar-refractivity contribution is -0.308. The van der Waals surface area contributed by atoms with Gasteiger partial charge in [0.15, 0.2) is 49.2 Å². The Bertz CT molecular complexity index is 1770. The zero-order valence-corrected chi connectivity index (χ0v) is 54.9. The molecule has 2 heterocycles. The van der Waals surface area contributed by atoms with E-state index in [0.717, 1.165) is 106 Å². The molecule has 0 saturated carbocycles. The van der Waals surface area contributed by atoms with Crippen molar-refractivity contribution >= 4 is 56.3 Å². The van der Waals surface area contributed by atoms with Gasteiger partial charge in [-0.25, -0.2) is 0 Å². The minimum absolute atomic E-state index is 0.240. The molecule has 20 nitrogen and oxygen atoms in total. The van der Waals surface area contributed by atoms with E-state index in [4.69, 9.17) is 56.2 Å². The van der Waals surface area contributed by atoms with Crippen LogP contribution in [0.2, 0.25) is 12.1 Å². The first-order chi connectivity index (χ1) is 40.7. The van der Waals surface area contributed by atoms with Crippen LogP contribution in [-0.4, -0.2) is 131 Å². The van der Waals surface area contributed by atoms with Crippen LogP contribution >= 0.6 is 0 Å². The van der Waals surface area contributed by atoms with Crippen LogP contribution in [0.3, 0.4) is 0 Å². The normalized spacial score (nSPS) is 22.2. The van der Waals surface area contributed by atoms with Gasteiger partial charge in [-0.1, -0.05) is 219 Å². The fourth-order valence-electron chi connectivity index (χ4n) is 11.3. The van der Waals surface area contributed by atoms with E-state index < -0.39 is 131 Å². The van der Waals surface area contributed by atoms with Gasteiger partial charge in [0, 0.05) is 55.4 Å². The van der Waals surface area contributed by atoms with Gasteiger partial charge >= 0.3 is 56.3 Å². The van der Waals surface area contributed by atoms with E-state index in [-0.39, 0.29) is 12.1 Å². The highest BCUT2D eigenvalue weighted by molar-refractivity contribution is 6.67. The standard InChI is InChI=1S/C64H112O20Si/c1-11-13-15-17-19-21-23-25-27-29-31-33-35-37-39-41-43-85(44-42-40-38-36-34-32-30-28-26-24-22-20-18-16-14-12-2,83-63-61(79-53(9)71)59(77-51(7)69)57(75-49(5)67)55(81-63)45-73-47(3)65)84-64-62(80-54(10)72)60(78-52(8)70)58(76-50(6)68)56(82-64)46-74-48(4)66/h55-64H,11-46H2,1-10H3/t55-,56-,57-,58-,59+,60+,61-,62-,63+,64+/m1/s1. The Labute approximate surface area is 510 Å². The number of esters is 8. The molecule has 0 amide bonds. The van der Waals surface area contributed by atoms with Crippen molar-refractivity contribution in [3.63, 3.8) is 0 Å². The average Bonchev–Trinajstić information content (AvgIpc) is 2.85. The number of unbranched alkanes of at least 4 members (excludes halogenated alkanes) is 30. The second-order valence-corrected chi connectivity index (χ2v) is 26.7. The maximum absolute atomic E-state index is 13.1. The average molecular weight is 1230 g/mol. The quantitative estimate of drug-likeness (QED) is 0.0238. The lowest BCUT2D eigenvalue weighted by Gasteiger charge is -2.49. The lowest BCUT2D eigenvalue weighted by Crippen LogP contribution is -2.67. The second-order valence-electron chi connectivity index (χ2n) is 23.4. The molecule has 0 N–H and O–H groups in total. The minimum Gasteiger partial charge on any atom is -0.463 e. The molecule has 2 aliphatic heterocycles. The van der Waals surface area contributed by atoms with E-state index in [9.17, 15) is 38.4 Å². The molecule has 492 valence electrons. The molecule has 0 radical (unpaired) electrons. The number of carbonyl (C=O) groups is 8. The first kappa shape index (κ1) is 76.9. The molecule has 2 rings (SSSR count). The van der Waals surface area contributed by atoms with Gasteiger partial charge < -0.3 is 56.2 Å². The largest absolute Gasteiger partial charge is 0.463 e. The molecule has 0 spiro atoms. The number of carbonyl (C=O) groups excluding carboxylic acids is 8. The van der Waals surface area contributed by atoms with Crippen LogP contribution in [-0.2, 0) is 94.6 Å². The van der Waals surface area contributed by atoms with Gasteiger partial charge in [-0.05, 0) is 12.1 Å². The molecule has 2 saturated heterocycles. The molecular weight excluding hydrogens is 1120 g/mol. The van der Waals surface area contributed by atoms with Crippen molar-refractivity contribution in [1.29, 1.82) is 0 Å². The van der Waals surface area contributed by atoms with Crippen molar-refractivity contribution in [2.45, 2.75) is 348 Å². The summed E-state index contributed by atoms with van der Waals surface area (Å²) in [6.45, 7) is 12.6. The molecular formula is C64H112O20Si. The third kappa shape index (κ3) is 34.8. The number of ether oxygens (including phenoxy) is 10. The summed E-state index contributed by atoms with van der Waals surface area (Å²) in [7, 11) is -4.11. The molecule has 0 aliphatic carbocycles. The Hall–Kier alpha value is -4.18. The zero-order chi connectivity index (χ0) is 62.8. The molecule has 2 aliphatic rings. The van der Waals surface area contributed by atoms with Gasteiger partial charge in [0.1, 0.15) is 25.4 Å². The van der Waals surface area contributed by atoms with Gasteiger partial charge in [0.05, 0.1) is 0 Å². The van der Waals surface area contributed by atoms with E-state index in [1.54, 1.807) is 0 Å². The van der Waals surface area contributed by atoms with Crippen LogP contribution < -0.4 is 0 Å². The third-order valence-electron chi connectivity index (χ3n) is 15.4. The molecule has 0 aromatic heterocycles. The van der Waals surface area contributed by atoms with Crippen LogP contribution in [0.1, 0.15) is 275 Å². The predicted molar refractivity (Wildman–Crippen MR) is 321 cm³/mol. The summed E-state index contributed by atoms with van der Waals surface area (Å²) in [6, 6.07) is 0.480. The van der Waals surface area contributed by atoms with Crippen LogP contribution in [0.15, 0.2) is 0 Å². The molecule has 0 unspecified atom stereocenters. The highest BCUT2D eigenvalue weighted by Gasteiger charge is 2.59. The summed E-state index contributed by atoms with van der Waals surface area (Å²) >= 11 is 0. The molecule has 0 aromatic carbocycles. The lowest BCUT2D eigenvalue weighted by atomic mass is 9.98. The summed E-state index contributed by atoms with van der Waals surface area (Å²) in [5.74, 6) is -6.32.